The summed E-state index contributed by atoms with van der Waals surface area (Å²) in [5, 5.41) is 10.1. The Morgan fingerprint density at radius 3 is 2.56 bits per heavy atom. The van der Waals surface area contributed by atoms with Crippen LogP contribution in [-0.4, -0.2) is 23.1 Å². The van der Waals surface area contributed by atoms with E-state index in [9.17, 15) is 5.11 Å². The first-order valence-corrected chi connectivity index (χ1v) is 7.15. The summed E-state index contributed by atoms with van der Waals surface area (Å²) in [6.07, 6.45) is 3.90. The highest BCUT2D eigenvalue weighted by molar-refractivity contribution is 5.37. The van der Waals surface area contributed by atoms with Gasteiger partial charge < -0.3 is 5.11 Å². The molecule has 1 N–H and O–H groups in total. The number of nitrogens with zero attached hydrogens (tertiary/aromatic N) is 1. The van der Waals surface area contributed by atoms with Crippen LogP contribution in [0, 0.1) is 12.8 Å². The van der Waals surface area contributed by atoms with E-state index in [1.165, 1.54) is 19.3 Å². The van der Waals surface area contributed by atoms with Crippen molar-refractivity contribution in [3.8, 4) is 5.75 Å². The number of likely N-dealkylation sites (tertiary alicyclic amines) is 1. The third-order valence-electron chi connectivity index (χ3n) is 4.41. The third-order valence-corrected chi connectivity index (χ3v) is 4.41. The molecule has 0 aromatic heterocycles. The number of hydrogen-bond acceptors (Lipinski definition) is 2. The second kappa shape index (κ2) is 5.75. The van der Waals surface area contributed by atoms with Crippen molar-refractivity contribution in [2.24, 2.45) is 5.92 Å². The van der Waals surface area contributed by atoms with Gasteiger partial charge in [0, 0.05) is 11.6 Å². The molecule has 1 atom stereocenters. The van der Waals surface area contributed by atoms with E-state index in [2.05, 4.69) is 30.9 Å². The Bertz CT molecular complexity index is 394. The van der Waals surface area contributed by atoms with Crippen molar-refractivity contribution in [1.82, 2.24) is 4.90 Å². The van der Waals surface area contributed by atoms with Crippen LogP contribution in [0.1, 0.15) is 50.3 Å². The van der Waals surface area contributed by atoms with E-state index in [-0.39, 0.29) is 0 Å². The largest absolute Gasteiger partial charge is 0.508 e. The number of hydrogen-bond donors (Lipinski definition) is 1. The van der Waals surface area contributed by atoms with Gasteiger partial charge in [-0.25, -0.2) is 0 Å². The molecule has 0 radical (unpaired) electrons. The normalized spacial score (nSPS) is 19.9. The zero-order valence-corrected chi connectivity index (χ0v) is 11.8. The van der Waals surface area contributed by atoms with Gasteiger partial charge >= 0.3 is 0 Å². The van der Waals surface area contributed by atoms with Gasteiger partial charge in [0.05, 0.1) is 0 Å². The molecule has 0 saturated carbocycles. The zero-order valence-electron chi connectivity index (χ0n) is 11.8. The van der Waals surface area contributed by atoms with Gasteiger partial charge in [-0.2, -0.15) is 0 Å². The molecule has 2 rings (SSSR count). The van der Waals surface area contributed by atoms with Gasteiger partial charge in [0.2, 0.25) is 0 Å². The maximum Gasteiger partial charge on any atom is 0.120 e. The fraction of sp³-hybridized carbons (Fsp3) is 0.625. The molecule has 18 heavy (non-hydrogen) atoms. The third kappa shape index (κ3) is 2.86. The van der Waals surface area contributed by atoms with Crippen LogP contribution in [0.4, 0.5) is 0 Å². The maximum absolute atomic E-state index is 10.1. The molecular formula is C16H25NO. The highest BCUT2D eigenvalue weighted by Crippen LogP contribution is 2.32. The van der Waals surface area contributed by atoms with Gasteiger partial charge in [0.1, 0.15) is 5.75 Å². The van der Waals surface area contributed by atoms with Crippen molar-refractivity contribution in [1.29, 1.82) is 0 Å². The first-order valence-electron chi connectivity index (χ1n) is 7.15. The fourth-order valence-electron chi connectivity index (χ4n) is 2.95. The number of aryl methyl sites for hydroxylation is 1. The summed E-state index contributed by atoms with van der Waals surface area (Å²) in [6.45, 7) is 8.83. The van der Waals surface area contributed by atoms with E-state index in [4.69, 9.17) is 0 Å². The molecule has 0 amide bonds. The molecule has 1 aliphatic rings. The van der Waals surface area contributed by atoms with Gasteiger partial charge in [-0.3, -0.25) is 4.90 Å². The first kappa shape index (κ1) is 13.4. The van der Waals surface area contributed by atoms with Crippen molar-refractivity contribution >= 4 is 0 Å². The summed E-state index contributed by atoms with van der Waals surface area (Å²) < 4.78 is 0. The second-order valence-corrected chi connectivity index (χ2v) is 5.63. The highest BCUT2D eigenvalue weighted by Gasteiger charge is 2.23. The molecule has 2 heteroatoms. The molecule has 1 saturated heterocycles. The number of rotatable bonds is 3. The standard InChI is InChI=1S/C16H25NO/c1-4-14-7-9-17(10-8-14)13(3)15-6-5-12(2)11-16(15)18/h5-6,11,13-14,18H,4,7-10H2,1-3H3. The second-order valence-electron chi connectivity index (χ2n) is 5.63. The fourth-order valence-corrected chi connectivity index (χ4v) is 2.95. The molecule has 1 aromatic rings. The minimum atomic E-state index is 0.323. The van der Waals surface area contributed by atoms with Crippen molar-refractivity contribution in [3.63, 3.8) is 0 Å². The van der Waals surface area contributed by atoms with Crippen LogP contribution in [0.2, 0.25) is 0 Å². The Balaban J connectivity index is 2.05. The van der Waals surface area contributed by atoms with Crippen LogP contribution < -0.4 is 0 Å². The molecule has 1 heterocycles. The smallest absolute Gasteiger partial charge is 0.120 e. The van der Waals surface area contributed by atoms with E-state index < -0.39 is 0 Å². The van der Waals surface area contributed by atoms with E-state index in [0.717, 1.165) is 30.1 Å². The van der Waals surface area contributed by atoms with Crippen molar-refractivity contribution in [2.75, 3.05) is 13.1 Å². The maximum atomic E-state index is 10.1. The number of aromatic hydroxyl groups is 1. The predicted octanol–water partition coefficient (Wildman–Crippen LogP) is 3.88. The lowest BCUT2D eigenvalue weighted by Gasteiger charge is -2.36. The summed E-state index contributed by atoms with van der Waals surface area (Å²) in [5.74, 6) is 1.35. The van der Waals surface area contributed by atoms with E-state index in [1.807, 2.05) is 13.0 Å². The van der Waals surface area contributed by atoms with Gasteiger partial charge in [0.15, 0.2) is 0 Å². The van der Waals surface area contributed by atoms with Crippen molar-refractivity contribution in [2.45, 2.75) is 46.1 Å². The summed E-state index contributed by atoms with van der Waals surface area (Å²) in [5.41, 5.74) is 2.18. The molecular weight excluding hydrogens is 222 g/mol. The van der Waals surface area contributed by atoms with Gasteiger partial charge in [-0.05, 0) is 57.3 Å². The Labute approximate surface area is 111 Å². The van der Waals surface area contributed by atoms with Crippen LogP contribution in [-0.2, 0) is 0 Å². The minimum Gasteiger partial charge on any atom is -0.508 e. The topological polar surface area (TPSA) is 23.5 Å². The lowest BCUT2D eigenvalue weighted by Crippen LogP contribution is -2.35. The van der Waals surface area contributed by atoms with Gasteiger partial charge in [-0.15, -0.1) is 0 Å². The van der Waals surface area contributed by atoms with Gasteiger partial charge in [-0.1, -0.05) is 25.5 Å². The van der Waals surface area contributed by atoms with Crippen LogP contribution in [0.25, 0.3) is 0 Å². The van der Waals surface area contributed by atoms with Crippen molar-refractivity contribution in [3.05, 3.63) is 29.3 Å². The summed E-state index contributed by atoms with van der Waals surface area (Å²) in [7, 11) is 0. The van der Waals surface area contributed by atoms with E-state index in [1.54, 1.807) is 0 Å². The lowest BCUT2D eigenvalue weighted by atomic mass is 9.92. The number of phenols is 1. The van der Waals surface area contributed by atoms with Crippen LogP contribution >= 0.6 is 0 Å². The van der Waals surface area contributed by atoms with Crippen LogP contribution in [0.15, 0.2) is 18.2 Å². The molecule has 1 unspecified atom stereocenters. The van der Waals surface area contributed by atoms with Gasteiger partial charge in [0.25, 0.3) is 0 Å². The zero-order chi connectivity index (χ0) is 13.1. The molecule has 0 bridgehead atoms. The monoisotopic (exact) mass is 247 g/mol. The minimum absolute atomic E-state index is 0.323. The van der Waals surface area contributed by atoms with E-state index in [0.29, 0.717) is 11.8 Å². The Hall–Kier alpha value is -1.02. The Morgan fingerprint density at radius 1 is 1.33 bits per heavy atom. The SMILES string of the molecule is CCC1CCN(C(C)c2ccc(C)cc2O)CC1. The highest BCUT2D eigenvalue weighted by atomic mass is 16.3. The average Bonchev–Trinajstić information content (AvgIpc) is 2.38. The first-order chi connectivity index (χ1) is 8.61. The molecule has 1 aromatic carbocycles. The molecule has 0 aliphatic carbocycles. The van der Waals surface area contributed by atoms with Crippen LogP contribution in [0.3, 0.4) is 0 Å². The number of piperidine rings is 1. The van der Waals surface area contributed by atoms with Crippen LogP contribution in [0.5, 0.6) is 5.75 Å². The summed E-state index contributed by atoms with van der Waals surface area (Å²) in [6, 6.07) is 6.35. The van der Waals surface area contributed by atoms with E-state index >= 15 is 0 Å². The molecule has 0 spiro atoms. The molecule has 2 nitrogen and oxygen atoms in total. The number of benzene rings is 1. The molecule has 1 fully saturated rings. The average molecular weight is 247 g/mol. The summed E-state index contributed by atoms with van der Waals surface area (Å²) in [4.78, 5) is 2.50. The predicted molar refractivity (Wildman–Crippen MR) is 75.8 cm³/mol. The lowest BCUT2D eigenvalue weighted by molar-refractivity contribution is 0.138. The molecule has 1 aliphatic heterocycles. The Morgan fingerprint density at radius 2 is 2.00 bits per heavy atom. The summed E-state index contributed by atoms with van der Waals surface area (Å²) >= 11 is 0. The number of phenolic OH excluding ortho intramolecular Hbond substituents is 1. The molecule has 100 valence electrons. The van der Waals surface area contributed by atoms with Crippen molar-refractivity contribution < 1.29 is 5.11 Å². The quantitative estimate of drug-likeness (QED) is 0.876. The Kier molecular flexibility index (Phi) is 4.28.